The van der Waals surface area contributed by atoms with E-state index < -0.39 is 11.5 Å². The molecule has 0 fully saturated rings. The third-order valence-corrected chi connectivity index (χ3v) is 4.01. The average molecular weight is 352 g/mol. The molecule has 1 aromatic heterocycles. The number of esters is 1. The number of carbonyl (C=O) groups is 1. The summed E-state index contributed by atoms with van der Waals surface area (Å²) in [6, 6.07) is 15.2. The summed E-state index contributed by atoms with van der Waals surface area (Å²) in [5.41, 5.74) is 1.66. The number of methoxy groups -OCH3 is 1. The summed E-state index contributed by atoms with van der Waals surface area (Å²) in [7, 11) is 1.21. The second-order valence-corrected chi connectivity index (χ2v) is 5.85. The number of carbonyl (C=O) groups excluding carboxylic acids is 1. The second kappa shape index (κ2) is 7.31. The Hall–Kier alpha value is -3.28. The van der Waals surface area contributed by atoms with Gasteiger partial charge in [-0.15, -0.1) is 0 Å². The van der Waals surface area contributed by atoms with Gasteiger partial charge in [-0.3, -0.25) is 4.79 Å². The van der Waals surface area contributed by atoms with Gasteiger partial charge in [-0.05, 0) is 42.3 Å². The molecule has 3 aromatic rings. The molecule has 5 nitrogen and oxygen atoms in total. The number of benzene rings is 2. The van der Waals surface area contributed by atoms with E-state index in [-0.39, 0.29) is 17.9 Å². The fraction of sp³-hybridized carbons (Fsp3) is 0.150. The van der Waals surface area contributed by atoms with Crippen molar-refractivity contribution in [1.29, 1.82) is 0 Å². The molecular weight excluding hydrogens is 335 g/mol. The second-order valence-electron chi connectivity index (χ2n) is 5.85. The monoisotopic (exact) mass is 352 g/mol. The molecule has 6 heteroatoms. The lowest BCUT2D eigenvalue weighted by atomic mass is 10.1. The van der Waals surface area contributed by atoms with Crippen molar-refractivity contribution < 1.29 is 13.9 Å². The van der Waals surface area contributed by atoms with Crippen LogP contribution < -0.4 is 5.56 Å². The Morgan fingerprint density at radius 1 is 1.15 bits per heavy atom. The van der Waals surface area contributed by atoms with E-state index in [1.807, 2.05) is 30.3 Å². The zero-order chi connectivity index (χ0) is 18.7. The zero-order valence-electron chi connectivity index (χ0n) is 14.4. The molecule has 0 aliphatic heterocycles. The van der Waals surface area contributed by atoms with Crippen molar-refractivity contribution in [2.24, 2.45) is 0 Å². The summed E-state index contributed by atoms with van der Waals surface area (Å²) in [5.74, 6) is -1.07. The molecular formula is C20H17FN2O3. The Balaban J connectivity index is 2.15. The van der Waals surface area contributed by atoms with Gasteiger partial charge in [0.05, 0.1) is 19.3 Å². The Morgan fingerprint density at radius 3 is 2.54 bits per heavy atom. The molecule has 0 saturated heterocycles. The normalized spacial score (nSPS) is 10.6. The summed E-state index contributed by atoms with van der Waals surface area (Å²) in [6.45, 7) is 1.84. The zero-order valence-corrected chi connectivity index (χ0v) is 14.4. The van der Waals surface area contributed by atoms with Gasteiger partial charge in [0, 0.05) is 5.56 Å². The Bertz CT molecular complexity index is 1010. The molecule has 0 amide bonds. The maximum Gasteiger partial charge on any atom is 0.343 e. The molecule has 0 aliphatic rings. The summed E-state index contributed by atoms with van der Waals surface area (Å²) in [6.07, 6.45) is 0. The van der Waals surface area contributed by atoms with Crippen molar-refractivity contribution in [1.82, 2.24) is 9.78 Å². The molecule has 1 heterocycles. The van der Waals surface area contributed by atoms with Gasteiger partial charge in [-0.25, -0.2) is 13.9 Å². The minimum Gasteiger partial charge on any atom is -0.465 e. The van der Waals surface area contributed by atoms with Crippen LogP contribution in [0.4, 0.5) is 4.39 Å². The largest absolute Gasteiger partial charge is 0.465 e. The fourth-order valence-electron chi connectivity index (χ4n) is 2.61. The first kappa shape index (κ1) is 17.5. The molecule has 0 aliphatic carbocycles. The Labute approximate surface area is 149 Å². The van der Waals surface area contributed by atoms with Crippen LogP contribution in [0.1, 0.15) is 21.5 Å². The van der Waals surface area contributed by atoms with Gasteiger partial charge in [-0.1, -0.05) is 30.3 Å². The molecule has 0 spiro atoms. The third kappa shape index (κ3) is 3.54. The van der Waals surface area contributed by atoms with Crippen LogP contribution in [0.15, 0.2) is 59.4 Å². The highest BCUT2D eigenvalue weighted by Gasteiger charge is 2.17. The van der Waals surface area contributed by atoms with Crippen LogP contribution in [0.25, 0.3) is 11.3 Å². The highest BCUT2D eigenvalue weighted by molar-refractivity contribution is 5.90. The average Bonchev–Trinajstić information content (AvgIpc) is 2.66. The maximum atomic E-state index is 13.6. The van der Waals surface area contributed by atoms with Crippen molar-refractivity contribution in [2.75, 3.05) is 7.11 Å². The van der Waals surface area contributed by atoms with Crippen molar-refractivity contribution in [2.45, 2.75) is 13.5 Å². The molecule has 0 bridgehead atoms. The smallest absolute Gasteiger partial charge is 0.343 e. The van der Waals surface area contributed by atoms with E-state index in [4.69, 9.17) is 4.74 Å². The first-order valence-corrected chi connectivity index (χ1v) is 8.00. The number of hydrogen-bond acceptors (Lipinski definition) is 4. The van der Waals surface area contributed by atoms with Gasteiger partial charge in [0.25, 0.3) is 5.56 Å². The van der Waals surface area contributed by atoms with Crippen molar-refractivity contribution in [3.8, 4) is 11.3 Å². The maximum absolute atomic E-state index is 13.6. The van der Waals surface area contributed by atoms with Crippen LogP contribution in [0.5, 0.6) is 0 Å². The molecule has 26 heavy (non-hydrogen) atoms. The van der Waals surface area contributed by atoms with Crippen LogP contribution in [0.2, 0.25) is 0 Å². The minimum atomic E-state index is -0.737. The van der Waals surface area contributed by atoms with E-state index in [1.165, 1.54) is 23.9 Å². The third-order valence-electron chi connectivity index (χ3n) is 4.01. The lowest BCUT2D eigenvalue weighted by Crippen LogP contribution is -2.30. The highest BCUT2D eigenvalue weighted by Crippen LogP contribution is 2.20. The number of aryl methyl sites for hydroxylation is 1. The number of nitrogens with zero attached hydrogens (tertiary/aromatic N) is 2. The molecule has 0 atom stereocenters. The number of rotatable bonds is 4. The van der Waals surface area contributed by atoms with E-state index in [1.54, 1.807) is 19.1 Å². The van der Waals surface area contributed by atoms with E-state index in [2.05, 4.69) is 5.10 Å². The Morgan fingerprint density at radius 2 is 1.88 bits per heavy atom. The summed E-state index contributed by atoms with van der Waals surface area (Å²) >= 11 is 0. The van der Waals surface area contributed by atoms with Crippen molar-refractivity contribution >= 4 is 5.97 Å². The number of halogens is 1. The van der Waals surface area contributed by atoms with Crippen LogP contribution >= 0.6 is 0 Å². The van der Waals surface area contributed by atoms with E-state index >= 15 is 0 Å². The topological polar surface area (TPSA) is 61.2 Å². The van der Waals surface area contributed by atoms with Crippen molar-refractivity contribution in [3.63, 3.8) is 0 Å². The Kier molecular flexibility index (Phi) is 4.93. The van der Waals surface area contributed by atoms with E-state index in [0.717, 1.165) is 5.56 Å². The SMILES string of the molecule is COC(=O)c1cc(-c2ccc(F)c(C)c2)nn(Cc2ccccc2)c1=O. The quantitative estimate of drug-likeness (QED) is 0.677. The first-order valence-electron chi connectivity index (χ1n) is 8.00. The van der Waals surface area contributed by atoms with E-state index in [9.17, 15) is 14.0 Å². The highest BCUT2D eigenvalue weighted by atomic mass is 19.1. The predicted molar refractivity (Wildman–Crippen MR) is 95.5 cm³/mol. The van der Waals surface area contributed by atoms with Gasteiger partial charge in [0.1, 0.15) is 11.4 Å². The van der Waals surface area contributed by atoms with Crippen molar-refractivity contribution in [3.05, 3.63) is 87.5 Å². The molecule has 132 valence electrons. The molecule has 0 unspecified atom stereocenters. The van der Waals surface area contributed by atoms with Gasteiger partial charge in [0.2, 0.25) is 0 Å². The molecule has 0 saturated carbocycles. The molecule has 0 N–H and O–H groups in total. The fourth-order valence-corrected chi connectivity index (χ4v) is 2.61. The molecule has 0 radical (unpaired) electrons. The van der Waals surface area contributed by atoms with Gasteiger partial charge in [0.15, 0.2) is 0 Å². The lowest BCUT2D eigenvalue weighted by molar-refractivity contribution is 0.0597. The first-order chi connectivity index (χ1) is 12.5. The van der Waals surface area contributed by atoms with Crippen LogP contribution in [0, 0.1) is 12.7 Å². The number of aromatic nitrogens is 2. The predicted octanol–water partition coefficient (Wildman–Crippen LogP) is 3.19. The summed E-state index contributed by atoms with van der Waals surface area (Å²) in [5, 5.41) is 4.36. The van der Waals surface area contributed by atoms with Crippen LogP contribution in [-0.4, -0.2) is 22.9 Å². The number of ether oxygens (including phenoxy) is 1. The van der Waals surface area contributed by atoms with Gasteiger partial charge in [-0.2, -0.15) is 5.10 Å². The summed E-state index contributed by atoms with van der Waals surface area (Å²) < 4.78 is 19.5. The lowest BCUT2D eigenvalue weighted by Gasteiger charge is -2.11. The van der Waals surface area contributed by atoms with Gasteiger partial charge < -0.3 is 4.74 Å². The molecule has 2 aromatic carbocycles. The van der Waals surface area contributed by atoms with Crippen LogP contribution in [-0.2, 0) is 11.3 Å². The molecule has 3 rings (SSSR count). The van der Waals surface area contributed by atoms with E-state index in [0.29, 0.717) is 16.8 Å². The summed E-state index contributed by atoms with van der Waals surface area (Å²) in [4.78, 5) is 24.6. The van der Waals surface area contributed by atoms with Gasteiger partial charge >= 0.3 is 5.97 Å². The minimum absolute atomic E-state index is 0.115. The number of hydrogen-bond donors (Lipinski definition) is 0. The standard InChI is InChI=1S/C20H17FN2O3/c1-13-10-15(8-9-17(13)21)18-11-16(20(25)26-2)19(24)23(22-18)12-14-6-4-3-5-7-14/h3-11H,12H2,1-2H3. The van der Waals surface area contributed by atoms with Crippen LogP contribution in [0.3, 0.4) is 0 Å².